The molecular formula is C34H37N3O5S. The van der Waals surface area contributed by atoms with Gasteiger partial charge < -0.3 is 15.0 Å². The summed E-state index contributed by atoms with van der Waals surface area (Å²) in [5, 5.41) is 2.87. The molecule has 0 spiro atoms. The van der Waals surface area contributed by atoms with Crippen molar-refractivity contribution in [2.75, 3.05) is 24.5 Å². The van der Waals surface area contributed by atoms with E-state index in [1.54, 1.807) is 30.3 Å². The number of aryl methyl sites for hydroxylation is 1. The normalized spacial score (nSPS) is 11.8. The molecule has 4 aromatic rings. The van der Waals surface area contributed by atoms with Gasteiger partial charge >= 0.3 is 0 Å². The molecule has 4 aromatic carbocycles. The summed E-state index contributed by atoms with van der Waals surface area (Å²) in [4.78, 5) is 29.5. The molecule has 0 saturated heterocycles. The Morgan fingerprint density at radius 2 is 1.42 bits per heavy atom. The summed E-state index contributed by atoms with van der Waals surface area (Å²) >= 11 is 0. The predicted molar refractivity (Wildman–Crippen MR) is 168 cm³/mol. The molecule has 0 heterocycles. The van der Waals surface area contributed by atoms with Crippen molar-refractivity contribution >= 4 is 27.5 Å². The van der Waals surface area contributed by atoms with Crippen LogP contribution in [0.1, 0.15) is 23.6 Å². The third-order valence-corrected chi connectivity index (χ3v) is 8.80. The second kappa shape index (κ2) is 14.5. The Morgan fingerprint density at radius 3 is 2.00 bits per heavy atom. The highest BCUT2D eigenvalue weighted by Gasteiger charge is 2.35. The Morgan fingerprint density at radius 1 is 0.837 bits per heavy atom. The average molecular weight is 600 g/mol. The van der Waals surface area contributed by atoms with Gasteiger partial charge in [0.1, 0.15) is 18.3 Å². The lowest BCUT2D eigenvalue weighted by molar-refractivity contribution is -0.140. The van der Waals surface area contributed by atoms with Gasteiger partial charge in [0, 0.05) is 19.5 Å². The molecule has 0 fully saturated rings. The summed E-state index contributed by atoms with van der Waals surface area (Å²) in [5.74, 6) is -0.544. The van der Waals surface area contributed by atoms with Gasteiger partial charge in [0.2, 0.25) is 11.8 Å². The molecule has 0 aliphatic carbocycles. The van der Waals surface area contributed by atoms with Gasteiger partial charge in [-0.05, 0) is 54.8 Å². The number of nitrogens with one attached hydrogen (secondary N) is 1. The minimum absolute atomic E-state index is 0.0329. The summed E-state index contributed by atoms with van der Waals surface area (Å²) in [6.45, 7) is 3.60. The molecular weight excluding hydrogens is 562 g/mol. The fourth-order valence-electron chi connectivity index (χ4n) is 4.85. The molecule has 0 aromatic heterocycles. The number of nitrogens with zero attached hydrogens (tertiary/aromatic N) is 2. The van der Waals surface area contributed by atoms with Gasteiger partial charge in [-0.15, -0.1) is 0 Å². The minimum atomic E-state index is -4.21. The number of methoxy groups -OCH3 is 1. The topological polar surface area (TPSA) is 96.0 Å². The number of likely N-dealkylation sites (N-methyl/N-ethyl adjacent to an activating group) is 1. The van der Waals surface area contributed by atoms with Crippen molar-refractivity contribution in [3.05, 3.63) is 126 Å². The van der Waals surface area contributed by atoms with Crippen molar-refractivity contribution in [3.63, 3.8) is 0 Å². The number of carbonyl (C=O) groups excluding carboxylic acids is 2. The average Bonchev–Trinajstić information content (AvgIpc) is 3.03. The first kappa shape index (κ1) is 31.3. The van der Waals surface area contributed by atoms with Crippen molar-refractivity contribution in [2.45, 2.75) is 37.8 Å². The first-order valence-electron chi connectivity index (χ1n) is 14.1. The summed E-state index contributed by atoms with van der Waals surface area (Å²) in [7, 11) is -2.76. The van der Waals surface area contributed by atoms with Crippen LogP contribution in [0.25, 0.3) is 0 Å². The number of benzene rings is 4. The van der Waals surface area contributed by atoms with E-state index in [0.29, 0.717) is 12.3 Å². The second-order valence-corrected chi connectivity index (χ2v) is 12.0. The Balaban J connectivity index is 1.82. The Labute approximate surface area is 254 Å². The molecule has 0 unspecified atom stereocenters. The highest BCUT2D eigenvalue weighted by Crippen LogP contribution is 2.33. The van der Waals surface area contributed by atoms with E-state index in [1.165, 1.54) is 24.1 Å². The van der Waals surface area contributed by atoms with Crippen LogP contribution in [-0.4, -0.2) is 51.4 Å². The zero-order valence-corrected chi connectivity index (χ0v) is 25.5. The first-order valence-corrected chi connectivity index (χ1v) is 15.6. The maximum atomic E-state index is 14.4. The molecule has 0 saturated carbocycles. The van der Waals surface area contributed by atoms with E-state index >= 15 is 0 Å². The van der Waals surface area contributed by atoms with Crippen LogP contribution in [0.5, 0.6) is 5.75 Å². The molecule has 2 amide bonds. The standard InChI is InChI=1S/C34H37N3O5S/c1-4-35-34(39)31(23-27-14-8-5-9-15-27)36(24-28-16-10-6-11-17-28)33(38)25-37(30-22-26(2)20-21-32(30)42-3)43(40,41)29-18-12-7-13-19-29/h5-22,31H,4,23-25H2,1-3H3,(H,35,39)/t31-/m1/s1. The Kier molecular flexibility index (Phi) is 10.6. The molecule has 8 nitrogen and oxygen atoms in total. The number of carbonyl (C=O) groups is 2. The fraction of sp³-hybridized carbons (Fsp3) is 0.235. The van der Waals surface area contributed by atoms with E-state index in [1.807, 2.05) is 80.6 Å². The van der Waals surface area contributed by atoms with Crippen LogP contribution >= 0.6 is 0 Å². The van der Waals surface area contributed by atoms with Crippen LogP contribution in [0.2, 0.25) is 0 Å². The van der Waals surface area contributed by atoms with E-state index in [4.69, 9.17) is 4.74 Å². The zero-order chi connectivity index (χ0) is 30.8. The summed E-state index contributed by atoms with van der Waals surface area (Å²) < 4.78 is 34.9. The van der Waals surface area contributed by atoms with E-state index < -0.39 is 28.5 Å². The van der Waals surface area contributed by atoms with Gasteiger partial charge in [-0.25, -0.2) is 8.42 Å². The molecule has 1 atom stereocenters. The van der Waals surface area contributed by atoms with Gasteiger partial charge in [-0.3, -0.25) is 13.9 Å². The monoisotopic (exact) mass is 599 g/mol. The second-order valence-electron chi connectivity index (χ2n) is 10.1. The van der Waals surface area contributed by atoms with Gasteiger partial charge in [-0.2, -0.15) is 0 Å². The predicted octanol–water partition coefficient (Wildman–Crippen LogP) is 4.98. The maximum Gasteiger partial charge on any atom is 0.264 e. The van der Waals surface area contributed by atoms with Crippen molar-refractivity contribution < 1.29 is 22.7 Å². The number of rotatable bonds is 13. The Bertz CT molecular complexity index is 1610. The molecule has 0 radical (unpaired) electrons. The van der Waals surface area contributed by atoms with E-state index in [9.17, 15) is 18.0 Å². The third-order valence-electron chi connectivity index (χ3n) is 7.03. The number of amides is 2. The smallest absolute Gasteiger partial charge is 0.264 e. The first-order chi connectivity index (χ1) is 20.7. The number of hydrogen-bond donors (Lipinski definition) is 1. The van der Waals surface area contributed by atoms with Crippen molar-refractivity contribution in [3.8, 4) is 5.75 Å². The number of anilines is 1. The molecule has 0 aliphatic heterocycles. The highest BCUT2D eigenvalue weighted by molar-refractivity contribution is 7.92. The quantitative estimate of drug-likeness (QED) is 0.234. The molecule has 9 heteroatoms. The highest BCUT2D eigenvalue weighted by atomic mass is 32.2. The third kappa shape index (κ3) is 7.81. The SMILES string of the molecule is CCNC(=O)[C@@H](Cc1ccccc1)N(Cc1ccccc1)C(=O)CN(c1cc(C)ccc1OC)S(=O)(=O)c1ccccc1. The van der Waals surface area contributed by atoms with Gasteiger partial charge in [0.15, 0.2) is 0 Å². The number of hydrogen-bond acceptors (Lipinski definition) is 5. The largest absolute Gasteiger partial charge is 0.495 e. The lowest BCUT2D eigenvalue weighted by Crippen LogP contribution is -2.53. The molecule has 224 valence electrons. The van der Waals surface area contributed by atoms with Crippen molar-refractivity contribution in [1.82, 2.24) is 10.2 Å². The van der Waals surface area contributed by atoms with E-state index in [2.05, 4.69) is 5.32 Å². The lowest BCUT2D eigenvalue weighted by atomic mass is 10.0. The minimum Gasteiger partial charge on any atom is -0.495 e. The molecule has 1 N–H and O–H groups in total. The van der Waals surface area contributed by atoms with E-state index in [-0.39, 0.29) is 29.5 Å². The fourth-order valence-corrected chi connectivity index (χ4v) is 6.29. The summed E-state index contributed by atoms with van der Waals surface area (Å²) in [6, 6.07) is 31.0. The van der Waals surface area contributed by atoms with Crippen LogP contribution in [0, 0.1) is 6.92 Å². The van der Waals surface area contributed by atoms with Crippen LogP contribution in [0.15, 0.2) is 114 Å². The van der Waals surface area contributed by atoms with Crippen LogP contribution in [0.3, 0.4) is 0 Å². The maximum absolute atomic E-state index is 14.4. The number of ether oxygens (including phenoxy) is 1. The van der Waals surface area contributed by atoms with Crippen molar-refractivity contribution in [2.24, 2.45) is 0 Å². The van der Waals surface area contributed by atoms with Gasteiger partial charge in [0.25, 0.3) is 10.0 Å². The summed E-state index contributed by atoms with van der Waals surface area (Å²) in [5.41, 5.74) is 2.71. The van der Waals surface area contributed by atoms with Gasteiger partial charge in [-0.1, -0.05) is 84.9 Å². The lowest BCUT2D eigenvalue weighted by Gasteiger charge is -2.34. The Hall–Kier alpha value is -4.63. The molecule has 43 heavy (non-hydrogen) atoms. The molecule has 0 aliphatic rings. The van der Waals surface area contributed by atoms with Crippen molar-refractivity contribution in [1.29, 1.82) is 0 Å². The van der Waals surface area contributed by atoms with E-state index in [0.717, 1.165) is 21.0 Å². The van der Waals surface area contributed by atoms with Crippen LogP contribution in [0.4, 0.5) is 5.69 Å². The molecule has 0 bridgehead atoms. The van der Waals surface area contributed by atoms with Crippen LogP contribution < -0.4 is 14.4 Å². The zero-order valence-electron chi connectivity index (χ0n) is 24.6. The molecule has 4 rings (SSSR count). The van der Waals surface area contributed by atoms with Gasteiger partial charge in [0.05, 0.1) is 17.7 Å². The van der Waals surface area contributed by atoms with Crippen LogP contribution in [-0.2, 0) is 32.6 Å². The summed E-state index contributed by atoms with van der Waals surface area (Å²) in [6.07, 6.45) is 0.254. The number of sulfonamides is 1.